The fourth-order valence-electron chi connectivity index (χ4n) is 11.6. The van der Waals surface area contributed by atoms with E-state index in [-0.39, 0.29) is 12.3 Å². The Morgan fingerprint density at radius 1 is 0.531 bits per heavy atom. The molecule has 1 aromatic heterocycles. The highest BCUT2D eigenvalue weighted by atomic mass is 32.1. The molecule has 0 atom stereocenters. The van der Waals surface area contributed by atoms with E-state index in [2.05, 4.69) is 213 Å². The Hall–Kier alpha value is -6.88. The van der Waals surface area contributed by atoms with E-state index < -0.39 is 0 Å². The van der Waals surface area contributed by atoms with E-state index in [1.807, 2.05) is 11.3 Å². The molecule has 2 nitrogen and oxygen atoms in total. The molecular formula is C60H47BN2S. The second kappa shape index (κ2) is 14.1. The molecule has 1 aliphatic carbocycles. The zero-order valence-electron chi connectivity index (χ0n) is 36.7. The molecule has 0 radical (unpaired) electrons. The first-order valence-electron chi connectivity index (χ1n) is 23.0. The minimum Gasteiger partial charge on any atom is -0.376 e. The smallest absolute Gasteiger partial charge is 0.333 e. The van der Waals surface area contributed by atoms with Gasteiger partial charge in [-0.25, -0.2) is 0 Å². The topological polar surface area (TPSA) is 6.48 Å². The van der Waals surface area contributed by atoms with Crippen molar-refractivity contribution in [3.05, 3.63) is 198 Å². The SMILES string of the molecule is CCCCc1ccc(N2c3cc4sc5ccccc5c4cc3B3c4c(cc(-c5ccccc5)cc42)-c2cc4ccccc4cc2N3c2ccc3c(c2)C(C)(C)c2ccccc2-3)c(C)c1. The van der Waals surface area contributed by atoms with Crippen LogP contribution in [0.25, 0.3) is 64.3 Å². The molecule has 0 saturated heterocycles. The Morgan fingerprint density at radius 2 is 1.30 bits per heavy atom. The Kier molecular flexibility index (Phi) is 8.28. The summed E-state index contributed by atoms with van der Waals surface area (Å²) in [5.41, 5.74) is 21.9. The minimum absolute atomic E-state index is 0.105. The van der Waals surface area contributed by atoms with Crippen molar-refractivity contribution in [1.29, 1.82) is 0 Å². The summed E-state index contributed by atoms with van der Waals surface area (Å²) < 4.78 is 2.64. The summed E-state index contributed by atoms with van der Waals surface area (Å²) in [6, 6.07) is 67.5. The lowest BCUT2D eigenvalue weighted by Crippen LogP contribution is -2.61. The molecule has 0 N–H and O–H groups in total. The molecule has 0 bridgehead atoms. The van der Waals surface area contributed by atoms with Crippen LogP contribution in [0.2, 0.25) is 0 Å². The maximum Gasteiger partial charge on any atom is 0.333 e. The summed E-state index contributed by atoms with van der Waals surface area (Å²) in [4.78, 5) is 5.35. The van der Waals surface area contributed by atoms with Crippen LogP contribution in [0.15, 0.2) is 176 Å². The summed E-state index contributed by atoms with van der Waals surface area (Å²) in [5, 5.41) is 5.15. The summed E-state index contributed by atoms with van der Waals surface area (Å²) >= 11 is 1.91. The highest BCUT2D eigenvalue weighted by Crippen LogP contribution is 2.54. The third-order valence-corrected chi connectivity index (χ3v) is 15.8. The van der Waals surface area contributed by atoms with Gasteiger partial charge in [-0.15, -0.1) is 11.3 Å². The molecule has 13 rings (SSSR count). The van der Waals surface area contributed by atoms with Gasteiger partial charge in [-0.05, 0) is 146 Å². The first-order chi connectivity index (χ1) is 31.4. The summed E-state index contributed by atoms with van der Waals surface area (Å²) in [5.74, 6) is 0. The van der Waals surface area contributed by atoms with Gasteiger partial charge in [0.15, 0.2) is 0 Å². The molecule has 0 fully saturated rings. The Morgan fingerprint density at radius 3 is 2.14 bits per heavy atom. The molecule has 9 aromatic carbocycles. The zero-order valence-corrected chi connectivity index (χ0v) is 37.6. The van der Waals surface area contributed by atoms with Crippen molar-refractivity contribution in [3.63, 3.8) is 0 Å². The number of hydrogen-bond acceptors (Lipinski definition) is 3. The fourth-order valence-corrected chi connectivity index (χ4v) is 12.7. The molecule has 0 saturated carbocycles. The number of rotatable bonds is 6. The summed E-state index contributed by atoms with van der Waals surface area (Å²) in [6.45, 7) is 9.30. The molecule has 306 valence electrons. The first kappa shape index (κ1) is 37.7. The highest BCUT2D eigenvalue weighted by molar-refractivity contribution is 7.26. The molecule has 64 heavy (non-hydrogen) atoms. The Bertz CT molecular complexity index is 3560. The van der Waals surface area contributed by atoms with Crippen LogP contribution < -0.4 is 20.6 Å². The predicted molar refractivity (Wildman–Crippen MR) is 277 cm³/mol. The van der Waals surface area contributed by atoms with Crippen molar-refractivity contribution in [2.45, 2.75) is 52.4 Å². The third kappa shape index (κ3) is 5.45. The van der Waals surface area contributed by atoms with Gasteiger partial charge in [0.1, 0.15) is 0 Å². The van der Waals surface area contributed by atoms with E-state index in [4.69, 9.17) is 0 Å². The molecule has 0 amide bonds. The van der Waals surface area contributed by atoms with Gasteiger partial charge in [0, 0.05) is 59.6 Å². The number of benzene rings is 9. The first-order valence-corrected chi connectivity index (χ1v) is 23.8. The lowest BCUT2D eigenvalue weighted by Gasteiger charge is -2.46. The van der Waals surface area contributed by atoms with E-state index in [1.54, 1.807) is 0 Å². The number of fused-ring (bicyclic) bond motifs is 11. The molecule has 10 aromatic rings. The van der Waals surface area contributed by atoms with Crippen LogP contribution in [0.1, 0.15) is 55.9 Å². The Balaban J connectivity index is 1.16. The van der Waals surface area contributed by atoms with Gasteiger partial charge in [0.25, 0.3) is 0 Å². The van der Waals surface area contributed by atoms with E-state index in [9.17, 15) is 0 Å². The van der Waals surface area contributed by atoms with Crippen molar-refractivity contribution < 1.29 is 0 Å². The summed E-state index contributed by atoms with van der Waals surface area (Å²) in [7, 11) is 0. The largest absolute Gasteiger partial charge is 0.376 e. The number of thiophene rings is 1. The van der Waals surface area contributed by atoms with E-state index in [0.717, 1.165) is 6.42 Å². The minimum atomic E-state index is -0.137. The van der Waals surface area contributed by atoms with E-state index in [1.165, 1.54) is 139 Å². The Labute approximate surface area is 380 Å². The van der Waals surface area contributed by atoms with Gasteiger partial charge < -0.3 is 9.71 Å². The number of aryl methyl sites for hydroxylation is 2. The fraction of sp³-hybridized carbons (Fsp3) is 0.133. The van der Waals surface area contributed by atoms with Gasteiger partial charge in [0.2, 0.25) is 0 Å². The average molecular weight is 839 g/mol. The van der Waals surface area contributed by atoms with Crippen LogP contribution >= 0.6 is 11.3 Å². The maximum absolute atomic E-state index is 2.71. The van der Waals surface area contributed by atoms with Crippen molar-refractivity contribution >= 4 is 88.5 Å². The van der Waals surface area contributed by atoms with Crippen molar-refractivity contribution in [2.75, 3.05) is 9.71 Å². The standard InChI is InChI=1S/C60H47BN2S/c1-5-6-16-38-25-28-53(37(2)29-38)62-55-36-58-48(46-22-13-15-24-57(46)64-58)35-52(55)61-59-49(31-42(33-56(59)62)39-17-8-7-9-18-39)47-30-40-19-10-11-20-41(40)32-54(47)63(61)43-26-27-45-44-21-12-14-23-50(44)60(3,4)51(45)34-43/h7-15,17-36H,5-6,16H2,1-4H3. The van der Waals surface area contributed by atoms with E-state index in [0.29, 0.717) is 0 Å². The summed E-state index contributed by atoms with van der Waals surface area (Å²) in [6.07, 6.45) is 3.48. The van der Waals surface area contributed by atoms with Crippen molar-refractivity contribution in [1.82, 2.24) is 0 Å². The molecule has 3 aliphatic rings. The van der Waals surface area contributed by atoms with Gasteiger partial charge in [-0.1, -0.05) is 149 Å². The van der Waals surface area contributed by atoms with Crippen LogP contribution in [0, 0.1) is 6.92 Å². The van der Waals surface area contributed by atoms with Gasteiger partial charge in [0.05, 0.1) is 0 Å². The predicted octanol–water partition coefficient (Wildman–Crippen LogP) is 15.5. The normalized spacial score (nSPS) is 14.2. The van der Waals surface area contributed by atoms with Crippen molar-refractivity contribution in [3.8, 4) is 33.4 Å². The van der Waals surface area contributed by atoms with Crippen LogP contribution in [0.3, 0.4) is 0 Å². The quantitative estimate of drug-likeness (QED) is 0.154. The lowest BCUT2D eigenvalue weighted by atomic mass is 9.43. The zero-order chi connectivity index (χ0) is 42.8. The third-order valence-electron chi connectivity index (χ3n) is 14.7. The lowest BCUT2D eigenvalue weighted by molar-refractivity contribution is 0.660. The van der Waals surface area contributed by atoms with Crippen LogP contribution in [-0.2, 0) is 11.8 Å². The van der Waals surface area contributed by atoms with Gasteiger partial charge >= 0.3 is 6.85 Å². The number of unbranched alkanes of at least 4 members (excludes halogenated alkanes) is 1. The molecule has 3 heterocycles. The average Bonchev–Trinajstić information content (AvgIpc) is 3.80. The molecule has 2 aliphatic heterocycles. The second-order valence-electron chi connectivity index (χ2n) is 18.8. The number of hydrogen-bond donors (Lipinski definition) is 0. The van der Waals surface area contributed by atoms with Gasteiger partial charge in [-0.3, -0.25) is 0 Å². The molecular weight excluding hydrogens is 792 g/mol. The second-order valence-corrected chi connectivity index (χ2v) is 19.9. The number of nitrogens with zero attached hydrogens (tertiary/aromatic N) is 2. The van der Waals surface area contributed by atoms with Crippen LogP contribution in [0.4, 0.5) is 28.4 Å². The highest BCUT2D eigenvalue weighted by Gasteiger charge is 2.47. The molecule has 4 heteroatoms. The molecule has 0 spiro atoms. The van der Waals surface area contributed by atoms with Crippen LogP contribution in [-0.4, -0.2) is 6.85 Å². The van der Waals surface area contributed by atoms with Crippen LogP contribution in [0.5, 0.6) is 0 Å². The number of anilines is 5. The maximum atomic E-state index is 2.71. The van der Waals surface area contributed by atoms with Crippen molar-refractivity contribution in [2.24, 2.45) is 0 Å². The van der Waals surface area contributed by atoms with E-state index >= 15 is 0 Å². The van der Waals surface area contributed by atoms with Gasteiger partial charge in [-0.2, -0.15) is 0 Å². The molecule has 0 unspecified atom stereocenters. The monoisotopic (exact) mass is 838 g/mol.